The molecule has 0 unspecified atom stereocenters. The highest BCUT2D eigenvalue weighted by Crippen LogP contribution is 2.22. The summed E-state index contributed by atoms with van der Waals surface area (Å²) in [7, 11) is 0. The third-order valence-corrected chi connectivity index (χ3v) is 15.5. The summed E-state index contributed by atoms with van der Waals surface area (Å²) in [5.41, 5.74) is 30.0. The van der Waals surface area contributed by atoms with Gasteiger partial charge in [0.05, 0.1) is 25.6 Å². The summed E-state index contributed by atoms with van der Waals surface area (Å²) in [5.74, 6) is -10.1. The average Bonchev–Trinajstić information content (AvgIpc) is 1.55. The van der Waals surface area contributed by atoms with Crippen LogP contribution in [0.25, 0.3) is 0 Å². The van der Waals surface area contributed by atoms with Crippen LogP contribution >= 0.6 is 0 Å². The van der Waals surface area contributed by atoms with Gasteiger partial charge >= 0.3 is 5.97 Å². The number of imidazole rings is 3. The molecular formula is C61H86N22O13. The van der Waals surface area contributed by atoms with Gasteiger partial charge in [-0.2, -0.15) is 0 Å². The Balaban J connectivity index is 1.26. The molecule has 1 saturated heterocycles. The first kappa shape index (κ1) is 74.1. The third kappa shape index (κ3) is 23.5. The van der Waals surface area contributed by atoms with Crippen LogP contribution in [-0.4, -0.2) is 208 Å². The lowest BCUT2D eigenvalue weighted by molar-refractivity contribution is -0.143. The number of aliphatic hydroxyl groups excluding tert-OH is 1. The van der Waals surface area contributed by atoms with Crippen molar-refractivity contribution in [2.45, 2.75) is 145 Å². The SMILES string of the molecule is CC(C)[C@H](NC(=O)[C@H](CCCN=C(N)N)NC(=O)[C@@H](N)CO)C(=O)N1CCC[C@H]1C(=O)N[C@@H](Cc1ccccc1)C(=O)N[C@@H](CCCN=C(N)N)C(=O)N[C@@H](Cc1cnc[nH]1)C(=O)N[C@@H](Cc1ccc(O)cc1)C(=O)N[C@@H](Cc1cnc[nH]1)C(=O)N[C@@H](Cc1cnc[nH]1)C(=O)O. The molecule has 0 bridgehead atoms. The monoisotopic (exact) mass is 1330 g/mol. The molecule has 518 valence electrons. The summed E-state index contributed by atoms with van der Waals surface area (Å²) >= 11 is 0. The molecule has 5 aromatic rings. The number of nitrogens with two attached hydrogens (primary N) is 5. The lowest BCUT2D eigenvalue weighted by atomic mass is 10.0. The Morgan fingerprint density at radius 2 is 0.958 bits per heavy atom. The van der Waals surface area contributed by atoms with Crippen molar-refractivity contribution < 1.29 is 63.3 Å². The summed E-state index contributed by atoms with van der Waals surface area (Å²) in [5, 5.41) is 51.1. The Hall–Kier alpha value is -11.0. The van der Waals surface area contributed by atoms with Crippen LogP contribution in [0.4, 0.5) is 0 Å². The summed E-state index contributed by atoms with van der Waals surface area (Å²) in [4.78, 5) is 172. The minimum atomic E-state index is -1.55. The van der Waals surface area contributed by atoms with E-state index in [-0.39, 0.29) is 102 Å². The summed E-state index contributed by atoms with van der Waals surface area (Å²) in [6, 6.07) is 0.320. The second-order valence-electron chi connectivity index (χ2n) is 23.3. The van der Waals surface area contributed by atoms with Crippen LogP contribution in [-0.2, 0) is 80.0 Å². The number of aliphatic hydroxyl groups is 1. The Kier molecular flexibility index (Phi) is 28.6. The van der Waals surface area contributed by atoms with Crippen LogP contribution in [0.1, 0.15) is 80.6 Å². The number of amides is 9. The molecule has 4 heterocycles. The van der Waals surface area contributed by atoms with E-state index in [0.29, 0.717) is 34.6 Å². The molecule has 0 spiro atoms. The van der Waals surface area contributed by atoms with Crippen LogP contribution in [0.5, 0.6) is 5.75 Å². The number of carbonyl (C=O) groups is 10. The fraction of sp³-hybridized carbons (Fsp3) is 0.459. The number of guanidine groups is 2. The number of hydrogen-bond acceptors (Lipinski definition) is 18. The number of nitrogens with zero attached hydrogens (tertiary/aromatic N) is 6. The highest BCUT2D eigenvalue weighted by atomic mass is 16.4. The van der Waals surface area contributed by atoms with E-state index in [4.69, 9.17) is 28.7 Å². The predicted molar refractivity (Wildman–Crippen MR) is 346 cm³/mol. The number of aromatic nitrogens is 6. The summed E-state index contributed by atoms with van der Waals surface area (Å²) in [6.07, 6.45) is 7.73. The molecule has 0 aliphatic carbocycles. The molecule has 1 aliphatic heterocycles. The minimum absolute atomic E-state index is 0.00367. The number of phenolic OH excluding ortho intramolecular Hbond substituents is 1. The van der Waals surface area contributed by atoms with Gasteiger partial charge in [-0.25, -0.2) is 19.7 Å². The number of nitrogens with one attached hydrogen (secondary N) is 11. The smallest absolute Gasteiger partial charge is 0.326 e. The highest BCUT2D eigenvalue weighted by Gasteiger charge is 2.42. The number of carboxylic acid groups (broad SMARTS) is 1. The first-order valence-electron chi connectivity index (χ1n) is 31.1. The number of carboxylic acids is 1. The van der Waals surface area contributed by atoms with Crippen LogP contribution in [0.15, 0.2) is 102 Å². The van der Waals surface area contributed by atoms with Crippen molar-refractivity contribution in [1.29, 1.82) is 0 Å². The molecule has 96 heavy (non-hydrogen) atoms. The van der Waals surface area contributed by atoms with Gasteiger partial charge in [-0.3, -0.25) is 53.1 Å². The third-order valence-electron chi connectivity index (χ3n) is 15.5. The van der Waals surface area contributed by atoms with Crippen molar-refractivity contribution in [1.82, 2.24) is 77.3 Å². The molecule has 6 rings (SSSR count). The number of carbonyl (C=O) groups excluding carboxylic acids is 9. The van der Waals surface area contributed by atoms with E-state index >= 15 is 0 Å². The van der Waals surface area contributed by atoms with E-state index in [1.54, 1.807) is 44.2 Å². The number of likely N-dealkylation sites (tertiary alicyclic amines) is 1. The van der Waals surface area contributed by atoms with Crippen molar-refractivity contribution >= 4 is 71.1 Å². The molecule has 0 radical (unpaired) electrons. The number of phenols is 1. The molecule has 1 aliphatic rings. The maximum absolute atomic E-state index is 14.9. The second-order valence-corrected chi connectivity index (χ2v) is 23.3. The molecule has 0 saturated carbocycles. The number of benzene rings is 2. The number of aliphatic imine (C=N–C) groups is 2. The zero-order valence-corrected chi connectivity index (χ0v) is 53.1. The fourth-order valence-electron chi connectivity index (χ4n) is 10.4. The molecular weight excluding hydrogens is 1250 g/mol. The molecule has 10 atom stereocenters. The van der Waals surface area contributed by atoms with Crippen molar-refractivity contribution in [3.8, 4) is 5.75 Å². The first-order chi connectivity index (χ1) is 45.9. The quantitative estimate of drug-likeness (QED) is 0.0100. The van der Waals surface area contributed by atoms with Crippen molar-refractivity contribution in [3.63, 3.8) is 0 Å². The maximum Gasteiger partial charge on any atom is 0.326 e. The van der Waals surface area contributed by atoms with E-state index in [0.717, 1.165) is 0 Å². The molecule has 24 N–H and O–H groups in total. The number of hydrogen-bond donors (Lipinski definition) is 19. The topological polar surface area (TPSA) is 572 Å². The van der Waals surface area contributed by atoms with E-state index in [9.17, 15) is 63.3 Å². The van der Waals surface area contributed by atoms with Crippen LogP contribution in [0.3, 0.4) is 0 Å². The van der Waals surface area contributed by atoms with E-state index in [2.05, 4.69) is 82.4 Å². The first-order valence-corrected chi connectivity index (χ1v) is 31.1. The van der Waals surface area contributed by atoms with E-state index < -0.39 is 132 Å². The highest BCUT2D eigenvalue weighted by molar-refractivity contribution is 5.99. The van der Waals surface area contributed by atoms with Gasteiger partial charge in [0.2, 0.25) is 53.2 Å². The van der Waals surface area contributed by atoms with Crippen LogP contribution in [0, 0.1) is 5.92 Å². The van der Waals surface area contributed by atoms with Gasteiger partial charge in [0, 0.05) is 87.4 Å². The number of aromatic hydroxyl groups is 1. The molecule has 1 fully saturated rings. The molecule has 3 aromatic heterocycles. The zero-order valence-electron chi connectivity index (χ0n) is 53.1. The fourth-order valence-corrected chi connectivity index (χ4v) is 10.4. The number of H-pyrrole nitrogens is 3. The standard InChI is InChI=1S/C61H86N22O13/c1-33(2)49(82-52(88)42(12-7-19-71-61(65)66)75-50(86)40(62)29-84)58(94)83-20-8-13-48(83)57(93)80-44(21-34-9-4-3-5-10-34)53(89)76-41(11-6-18-70-60(63)64)51(87)78-45(23-36-26-67-30-72-36)55(91)77-43(22-35-14-16-39(85)17-15-35)54(90)79-46(24-37-27-68-31-73-37)56(92)81-47(59(95)96)25-38-28-69-32-74-38/h3-5,9-10,14-17,26-28,30-33,40-49,84-85H,6-8,11-13,18-25,29,62H2,1-2H3,(H,67,72)(H,68,73)(H,69,74)(H,75,86)(H,76,89)(H,77,91)(H,78,87)(H,79,90)(H,80,93)(H,81,92)(H,82,88)(H,95,96)(H4,63,64,70)(H4,65,66,71)/t40-,41-,42-,43-,44-,45-,46-,47-,48-,49-/m0/s1. The lowest BCUT2D eigenvalue weighted by Gasteiger charge is -2.32. The van der Waals surface area contributed by atoms with E-state index in [1.165, 1.54) is 66.7 Å². The average molecular weight is 1340 g/mol. The molecule has 35 heteroatoms. The summed E-state index contributed by atoms with van der Waals surface area (Å²) < 4.78 is 0. The number of rotatable bonds is 38. The molecule has 35 nitrogen and oxygen atoms in total. The molecule has 2 aromatic carbocycles. The number of aromatic amines is 3. The predicted octanol–water partition coefficient (Wildman–Crippen LogP) is -4.89. The summed E-state index contributed by atoms with van der Waals surface area (Å²) in [6.45, 7) is 2.79. The van der Waals surface area contributed by atoms with Crippen molar-refractivity contribution in [2.24, 2.45) is 44.6 Å². The van der Waals surface area contributed by atoms with Crippen molar-refractivity contribution in [3.05, 3.63) is 120 Å². The largest absolute Gasteiger partial charge is 0.508 e. The van der Waals surface area contributed by atoms with Gasteiger partial charge < -0.3 is 106 Å². The Morgan fingerprint density at radius 3 is 1.40 bits per heavy atom. The zero-order chi connectivity index (χ0) is 69.8. The van der Waals surface area contributed by atoms with Gasteiger partial charge in [-0.1, -0.05) is 56.3 Å². The van der Waals surface area contributed by atoms with E-state index in [1.807, 2.05) is 0 Å². The van der Waals surface area contributed by atoms with Gasteiger partial charge in [0.15, 0.2) is 11.9 Å². The van der Waals surface area contributed by atoms with Gasteiger partial charge in [-0.15, -0.1) is 0 Å². The Morgan fingerprint density at radius 1 is 0.552 bits per heavy atom. The normalized spacial score (nSPS) is 15.5. The number of aliphatic carboxylic acids is 1. The molecule has 9 amide bonds. The lowest BCUT2D eigenvalue weighted by Crippen LogP contribution is -2.61. The Labute approximate surface area is 551 Å². The van der Waals surface area contributed by atoms with Crippen molar-refractivity contribution in [2.75, 3.05) is 26.2 Å². The minimum Gasteiger partial charge on any atom is -0.508 e. The van der Waals surface area contributed by atoms with Gasteiger partial charge in [0.25, 0.3) is 0 Å². The van der Waals surface area contributed by atoms with Crippen LogP contribution < -0.4 is 71.2 Å². The Bertz CT molecular complexity index is 3420. The second kappa shape index (κ2) is 37.1. The van der Waals surface area contributed by atoms with Gasteiger partial charge in [0.1, 0.15) is 66.2 Å². The van der Waals surface area contributed by atoms with Gasteiger partial charge in [-0.05, 0) is 67.7 Å². The van der Waals surface area contributed by atoms with Crippen LogP contribution in [0.2, 0.25) is 0 Å². The maximum atomic E-state index is 14.9.